The highest BCUT2D eigenvalue weighted by Crippen LogP contribution is 2.36. The average molecular weight is 397 g/mol. The maximum absolute atomic E-state index is 11.6. The molecule has 24 heavy (non-hydrogen) atoms. The molecule has 0 spiro atoms. The summed E-state index contributed by atoms with van der Waals surface area (Å²) in [5, 5.41) is 14.5. The van der Waals surface area contributed by atoms with Gasteiger partial charge in [0.25, 0.3) is 20.2 Å². The molecule has 0 saturated heterocycles. The van der Waals surface area contributed by atoms with Crippen molar-refractivity contribution in [3.8, 4) is 0 Å². The van der Waals surface area contributed by atoms with E-state index in [1.807, 2.05) is 0 Å². The Kier molecular flexibility index (Phi) is 5.36. The fourth-order valence-corrected chi connectivity index (χ4v) is 3.89. The van der Waals surface area contributed by atoms with Gasteiger partial charge in [0.1, 0.15) is 4.90 Å². The molecule has 0 unspecified atom stereocenters. The Hall–Kier alpha value is -1.45. The summed E-state index contributed by atoms with van der Waals surface area (Å²) in [7, 11) is -7.97. The van der Waals surface area contributed by atoms with Crippen molar-refractivity contribution < 1.29 is 40.6 Å². The molecule has 0 heterocycles. The Balaban J connectivity index is 2.88. The van der Waals surface area contributed by atoms with Crippen LogP contribution in [0.3, 0.4) is 0 Å². The second-order valence-corrected chi connectivity index (χ2v) is 7.97. The molecule has 2 aromatic rings. The fraction of sp³-hybridized carbons (Fsp3) is 0.0909. The van der Waals surface area contributed by atoms with Crippen molar-refractivity contribution >= 4 is 48.7 Å². The van der Waals surface area contributed by atoms with E-state index in [0.29, 0.717) is 28.7 Å². The van der Waals surface area contributed by atoms with Gasteiger partial charge in [-0.15, -0.1) is 4.33 Å². The van der Waals surface area contributed by atoms with E-state index in [9.17, 15) is 21.4 Å². The SMILES string of the molecule is CNc1cc2c(S(=O)(=O)O)cc(S(=O)(=O)O)cc2cc1SOOO. The summed E-state index contributed by atoms with van der Waals surface area (Å²) < 4.78 is 68.6. The summed E-state index contributed by atoms with van der Waals surface area (Å²) in [6, 6.07) is 4.29. The number of fused-ring (bicyclic) bond motifs is 1. The zero-order valence-electron chi connectivity index (χ0n) is 11.8. The van der Waals surface area contributed by atoms with Gasteiger partial charge in [-0.25, -0.2) is 5.26 Å². The third-order valence-corrected chi connectivity index (χ3v) is 5.36. The molecule has 13 heteroatoms. The van der Waals surface area contributed by atoms with Gasteiger partial charge in [0.05, 0.1) is 27.5 Å². The lowest BCUT2D eigenvalue weighted by Crippen LogP contribution is -2.05. The van der Waals surface area contributed by atoms with Crippen molar-refractivity contribution in [3.05, 3.63) is 24.3 Å². The Morgan fingerprint density at radius 2 is 1.71 bits per heavy atom. The number of benzene rings is 2. The second-order valence-electron chi connectivity index (χ2n) is 4.42. The topological polar surface area (TPSA) is 159 Å². The molecule has 132 valence electrons. The number of rotatable bonds is 6. The molecule has 0 atom stereocenters. The first-order chi connectivity index (χ1) is 11.1. The fourth-order valence-electron chi connectivity index (χ4n) is 2.01. The number of nitrogens with one attached hydrogen (secondary N) is 1. The zero-order chi connectivity index (χ0) is 18.1. The van der Waals surface area contributed by atoms with E-state index in [-0.39, 0.29) is 10.8 Å². The van der Waals surface area contributed by atoms with E-state index in [4.69, 9.17) is 9.81 Å². The van der Waals surface area contributed by atoms with Crippen LogP contribution < -0.4 is 5.32 Å². The molecule has 0 aliphatic rings. The minimum Gasteiger partial charge on any atom is -0.387 e. The first kappa shape index (κ1) is 18.9. The third-order valence-electron chi connectivity index (χ3n) is 2.99. The molecular weight excluding hydrogens is 386 g/mol. The van der Waals surface area contributed by atoms with Crippen LogP contribution in [0.5, 0.6) is 0 Å². The molecule has 10 nitrogen and oxygen atoms in total. The van der Waals surface area contributed by atoms with Crippen molar-refractivity contribution in [2.75, 3.05) is 12.4 Å². The number of hydrogen-bond donors (Lipinski definition) is 4. The predicted molar refractivity (Wildman–Crippen MR) is 83.8 cm³/mol. The van der Waals surface area contributed by atoms with Crippen molar-refractivity contribution in [2.45, 2.75) is 14.7 Å². The van der Waals surface area contributed by atoms with Crippen LogP contribution in [-0.4, -0.2) is 38.2 Å². The molecule has 0 aliphatic heterocycles. The van der Waals surface area contributed by atoms with E-state index >= 15 is 0 Å². The van der Waals surface area contributed by atoms with Crippen molar-refractivity contribution in [1.29, 1.82) is 0 Å². The largest absolute Gasteiger partial charge is 0.387 e. The molecule has 0 saturated carbocycles. The number of anilines is 1. The maximum atomic E-state index is 11.6. The minimum absolute atomic E-state index is 0.00326. The van der Waals surface area contributed by atoms with Crippen LogP contribution in [0.2, 0.25) is 0 Å². The van der Waals surface area contributed by atoms with E-state index in [1.54, 1.807) is 0 Å². The van der Waals surface area contributed by atoms with Crippen LogP contribution in [0.4, 0.5) is 5.69 Å². The van der Waals surface area contributed by atoms with Gasteiger partial charge >= 0.3 is 0 Å². The summed E-state index contributed by atoms with van der Waals surface area (Å²) >= 11 is 0.555. The number of hydrogen-bond acceptors (Lipinski definition) is 9. The van der Waals surface area contributed by atoms with E-state index in [2.05, 4.69) is 14.7 Å². The van der Waals surface area contributed by atoms with E-state index < -0.39 is 30.0 Å². The van der Waals surface area contributed by atoms with Crippen LogP contribution in [0.25, 0.3) is 10.8 Å². The molecule has 0 fully saturated rings. The monoisotopic (exact) mass is 397 g/mol. The molecule has 0 amide bonds. The smallest absolute Gasteiger partial charge is 0.295 e. The van der Waals surface area contributed by atoms with Gasteiger partial charge in [0.2, 0.25) is 0 Å². The summed E-state index contributed by atoms with van der Waals surface area (Å²) in [6.45, 7) is 0. The molecule has 0 aliphatic carbocycles. The highest BCUT2D eigenvalue weighted by Gasteiger charge is 2.21. The van der Waals surface area contributed by atoms with Gasteiger partial charge in [0.15, 0.2) is 0 Å². The Bertz CT molecular complexity index is 985. The third kappa shape index (κ3) is 3.96. The van der Waals surface area contributed by atoms with E-state index in [1.165, 1.54) is 19.2 Å². The van der Waals surface area contributed by atoms with Crippen molar-refractivity contribution in [2.24, 2.45) is 0 Å². The minimum atomic E-state index is -4.77. The maximum Gasteiger partial charge on any atom is 0.295 e. The van der Waals surface area contributed by atoms with Crippen molar-refractivity contribution in [1.82, 2.24) is 0 Å². The van der Waals surface area contributed by atoms with Gasteiger partial charge in [-0.05, 0) is 29.7 Å². The lowest BCUT2D eigenvalue weighted by atomic mass is 10.1. The quantitative estimate of drug-likeness (QED) is 0.243. The first-order valence-electron chi connectivity index (χ1n) is 5.97. The standard InChI is InChI=1S/C11H11NO9S3/c1-12-9-5-8-6(3-10(9)22-21-20-13)2-7(23(14,15)16)4-11(8)24(17,18)19/h2-5,12-13H,1H3,(H,14,15,16)(H,17,18,19). The molecule has 4 N–H and O–H groups in total. The predicted octanol–water partition coefficient (Wildman–Crippen LogP) is 1.80. The summed E-state index contributed by atoms with van der Waals surface area (Å²) in [5.74, 6) is 0. The highest BCUT2D eigenvalue weighted by atomic mass is 32.2. The lowest BCUT2D eigenvalue weighted by Gasteiger charge is -2.12. The van der Waals surface area contributed by atoms with Gasteiger partial charge in [0, 0.05) is 12.4 Å². The van der Waals surface area contributed by atoms with Crippen LogP contribution in [0.1, 0.15) is 0 Å². The Morgan fingerprint density at radius 3 is 2.21 bits per heavy atom. The molecule has 2 aromatic carbocycles. The normalized spacial score (nSPS) is 12.5. The summed E-state index contributed by atoms with van der Waals surface area (Å²) in [6.07, 6.45) is 0. The molecule has 0 bridgehead atoms. The van der Waals surface area contributed by atoms with Crippen LogP contribution in [0, 0.1) is 0 Å². The van der Waals surface area contributed by atoms with E-state index in [0.717, 1.165) is 6.07 Å². The Morgan fingerprint density at radius 1 is 1.04 bits per heavy atom. The lowest BCUT2D eigenvalue weighted by molar-refractivity contribution is -0.432. The first-order valence-corrected chi connectivity index (χ1v) is 9.59. The average Bonchev–Trinajstić information content (AvgIpc) is 2.48. The van der Waals surface area contributed by atoms with Crippen LogP contribution in [0.15, 0.2) is 39.0 Å². The molecule has 0 radical (unpaired) electrons. The van der Waals surface area contributed by atoms with Crippen LogP contribution in [-0.2, 0) is 29.6 Å². The highest BCUT2D eigenvalue weighted by molar-refractivity contribution is 7.94. The van der Waals surface area contributed by atoms with Gasteiger partial charge < -0.3 is 5.32 Å². The molecular formula is C11H11NO9S3. The second kappa shape index (κ2) is 6.81. The summed E-state index contributed by atoms with van der Waals surface area (Å²) in [4.78, 5) is -1.11. The van der Waals surface area contributed by atoms with Crippen molar-refractivity contribution in [3.63, 3.8) is 0 Å². The Labute approximate surface area is 140 Å². The van der Waals surface area contributed by atoms with Crippen LogP contribution >= 0.6 is 12.0 Å². The van der Waals surface area contributed by atoms with Gasteiger partial charge in [-0.3, -0.25) is 9.11 Å². The molecule has 2 rings (SSSR count). The summed E-state index contributed by atoms with van der Waals surface area (Å²) in [5.41, 5.74) is 0.342. The zero-order valence-corrected chi connectivity index (χ0v) is 14.3. The molecule has 0 aromatic heterocycles. The van der Waals surface area contributed by atoms with Gasteiger partial charge in [-0.1, -0.05) is 5.04 Å². The van der Waals surface area contributed by atoms with Gasteiger partial charge in [-0.2, -0.15) is 16.8 Å².